The maximum atomic E-state index is 13.2. The van der Waals surface area contributed by atoms with Crippen molar-refractivity contribution < 1.29 is 18.8 Å². The number of halogens is 1. The molecule has 0 radical (unpaired) electrons. The smallest absolute Gasteiger partial charge is 0.277 e. The molecule has 1 aliphatic carbocycles. The van der Waals surface area contributed by atoms with Gasteiger partial charge in [-0.3, -0.25) is 4.79 Å². The first kappa shape index (κ1) is 20.1. The van der Waals surface area contributed by atoms with Gasteiger partial charge in [-0.15, -0.1) is 0 Å². The predicted octanol–water partition coefficient (Wildman–Crippen LogP) is 4.66. The lowest BCUT2D eigenvalue weighted by molar-refractivity contribution is 0.102. The molecule has 9 heteroatoms. The van der Waals surface area contributed by atoms with Crippen LogP contribution in [0.4, 0.5) is 5.82 Å². The molecule has 0 bridgehead atoms. The highest BCUT2D eigenvalue weighted by Crippen LogP contribution is 2.45. The lowest BCUT2D eigenvalue weighted by Crippen LogP contribution is -2.15. The Morgan fingerprint density at radius 1 is 1.16 bits per heavy atom. The molecule has 8 nitrogen and oxygen atoms in total. The number of methoxy groups -OCH3 is 2. The summed E-state index contributed by atoms with van der Waals surface area (Å²) < 4.78 is 17.7. The van der Waals surface area contributed by atoms with Crippen molar-refractivity contribution in [1.82, 2.24) is 14.9 Å². The number of hydrogen-bond donors (Lipinski definition) is 1. The van der Waals surface area contributed by atoms with Crippen LogP contribution in [0.15, 0.2) is 47.0 Å². The lowest BCUT2D eigenvalue weighted by atomic mass is 10.1. The quantitative estimate of drug-likeness (QED) is 0.418. The number of nitrogens with one attached hydrogen (secondary N) is 1. The summed E-state index contributed by atoms with van der Waals surface area (Å²) in [4.78, 5) is 13.2. The number of ether oxygens (including phenoxy) is 2. The van der Waals surface area contributed by atoms with Crippen molar-refractivity contribution in [3.8, 4) is 28.4 Å². The van der Waals surface area contributed by atoms with Crippen molar-refractivity contribution >= 4 is 23.3 Å². The molecule has 162 valence electrons. The highest BCUT2D eigenvalue weighted by Gasteiger charge is 2.33. The molecule has 2 aromatic heterocycles. The Bertz CT molecular complexity index is 1360. The fraction of sp³-hybridized carbons (Fsp3) is 0.174. The van der Waals surface area contributed by atoms with E-state index in [1.165, 1.54) is 0 Å². The standard InChI is InChI=1S/C23H19ClN4O4/c1-12-8-20(27-32-12)25-23(29)21-15-9-13-10-18(30-2)19(31-3)11-14(13)22(15)28(26-21)17-7-5-4-6-16(17)24/h4-8,10-11H,9H2,1-3H3,(H,25,27,29). The van der Waals surface area contributed by atoms with Gasteiger partial charge in [-0.1, -0.05) is 28.9 Å². The molecule has 1 N–H and O–H groups in total. The van der Waals surface area contributed by atoms with Gasteiger partial charge in [0.25, 0.3) is 5.91 Å². The number of aromatic nitrogens is 3. The average Bonchev–Trinajstić information content (AvgIpc) is 3.46. The number of carbonyl (C=O) groups is 1. The molecule has 5 rings (SSSR count). The van der Waals surface area contributed by atoms with Crippen LogP contribution in [0.3, 0.4) is 0 Å². The number of hydrogen-bond acceptors (Lipinski definition) is 6. The zero-order valence-electron chi connectivity index (χ0n) is 17.6. The summed E-state index contributed by atoms with van der Waals surface area (Å²) >= 11 is 6.49. The minimum atomic E-state index is -0.382. The summed E-state index contributed by atoms with van der Waals surface area (Å²) in [6, 6.07) is 12.8. The second-order valence-corrected chi connectivity index (χ2v) is 7.76. The Morgan fingerprint density at radius 3 is 2.59 bits per heavy atom. The highest BCUT2D eigenvalue weighted by atomic mass is 35.5. The Morgan fingerprint density at radius 2 is 1.91 bits per heavy atom. The minimum absolute atomic E-state index is 0.287. The Kier molecular flexibility index (Phi) is 4.86. The number of amides is 1. The molecule has 0 saturated heterocycles. The van der Waals surface area contributed by atoms with Gasteiger partial charge in [0.05, 0.1) is 30.6 Å². The van der Waals surface area contributed by atoms with Crippen molar-refractivity contribution in [2.24, 2.45) is 0 Å². The highest BCUT2D eigenvalue weighted by molar-refractivity contribution is 6.32. The number of fused-ring (bicyclic) bond motifs is 3. The van der Waals surface area contributed by atoms with Gasteiger partial charge in [-0.25, -0.2) is 4.68 Å². The largest absolute Gasteiger partial charge is 0.493 e. The first-order chi connectivity index (χ1) is 15.5. The van der Waals surface area contributed by atoms with Crippen LogP contribution in [0.1, 0.15) is 27.4 Å². The molecule has 2 heterocycles. The average molecular weight is 451 g/mol. The summed E-state index contributed by atoms with van der Waals surface area (Å²) in [5, 5.41) is 11.8. The van der Waals surface area contributed by atoms with Crippen molar-refractivity contribution in [2.75, 3.05) is 19.5 Å². The fourth-order valence-electron chi connectivity index (χ4n) is 3.95. The molecule has 0 unspecified atom stereocenters. The third-order valence-corrected chi connectivity index (χ3v) is 5.70. The van der Waals surface area contributed by atoms with E-state index in [0.29, 0.717) is 40.2 Å². The van der Waals surface area contributed by atoms with E-state index in [-0.39, 0.29) is 11.6 Å². The molecule has 1 amide bonds. The number of anilines is 1. The number of carbonyl (C=O) groups excluding carboxylic acids is 1. The second-order valence-electron chi connectivity index (χ2n) is 7.36. The predicted molar refractivity (Wildman–Crippen MR) is 119 cm³/mol. The molecule has 0 spiro atoms. The van der Waals surface area contributed by atoms with Crippen molar-refractivity contribution in [3.63, 3.8) is 0 Å². The summed E-state index contributed by atoms with van der Waals surface area (Å²) in [5.74, 6) is 1.76. The van der Waals surface area contributed by atoms with Gasteiger partial charge in [0.1, 0.15) is 5.76 Å². The molecule has 2 aromatic carbocycles. The van der Waals surface area contributed by atoms with Crippen LogP contribution < -0.4 is 14.8 Å². The molecule has 0 atom stereocenters. The zero-order chi connectivity index (χ0) is 22.4. The van der Waals surface area contributed by atoms with Crippen molar-refractivity contribution in [1.29, 1.82) is 0 Å². The Balaban J connectivity index is 1.68. The van der Waals surface area contributed by atoms with Gasteiger partial charge in [0, 0.05) is 23.6 Å². The molecule has 0 fully saturated rings. The van der Waals surface area contributed by atoms with Gasteiger partial charge in [-0.2, -0.15) is 5.10 Å². The van der Waals surface area contributed by atoms with Gasteiger partial charge in [0.2, 0.25) is 0 Å². The van der Waals surface area contributed by atoms with E-state index >= 15 is 0 Å². The van der Waals surface area contributed by atoms with Gasteiger partial charge in [0.15, 0.2) is 23.0 Å². The molecular formula is C23H19ClN4O4. The molecule has 4 aromatic rings. The van der Waals surface area contributed by atoms with Crippen molar-refractivity contribution in [3.05, 3.63) is 70.1 Å². The molecule has 1 aliphatic rings. The molecular weight excluding hydrogens is 432 g/mol. The molecule has 0 saturated carbocycles. The maximum absolute atomic E-state index is 13.2. The monoisotopic (exact) mass is 450 g/mol. The van der Waals surface area contributed by atoms with E-state index in [1.54, 1.807) is 38.0 Å². The van der Waals surface area contributed by atoms with E-state index < -0.39 is 0 Å². The fourth-order valence-corrected chi connectivity index (χ4v) is 4.17. The molecule has 32 heavy (non-hydrogen) atoms. The normalized spacial score (nSPS) is 11.8. The van der Waals surface area contributed by atoms with Gasteiger partial charge < -0.3 is 19.3 Å². The van der Waals surface area contributed by atoms with E-state index in [9.17, 15) is 4.79 Å². The number of nitrogens with zero attached hydrogens (tertiary/aromatic N) is 3. The summed E-state index contributed by atoms with van der Waals surface area (Å²) in [7, 11) is 3.18. The summed E-state index contributed by atoms with van der Waals surface area (Å²) in [6.07, 6.45) is 0.510. The third kappa shape index (κ3) is 3.20. The SMILES string of the molecule is COc1cc2c(cc1OC)-c1c(c(C(=O)Nc3cc(C)on3)nn1-c1ccccc1Cl)C2. The lowest BCUT2D eigenvalue weighted by Gasteiger charge is -2.13. The maximum Gasteiger partial charge on any atom is 0.277 e. The van der Waals surface area contributed by atoms with Crippen LogP contribution in [-0.4, -0.2) is 35.1 Å². The number of benzene rings is 2. The Hall–Kier alpha value is -3.78. The summed E-state index contributed by atoms with van der Waals surface area (Å²) in [5.41, 5.74) is 4.44. The minimum Gasteiger partial charge on any atom is -0.493 e. The van der Waals surface area contributed by atoms with Crippen LogP contribution in [0.25, 0.3) is 16.9 Å². The number of aryl methyl sites for hydroxylation is 1. The first-order valence-corrected chi connectivity index (χ1v) is 10.2. The number of rotatable bonds is 5. The van der Waals surface area contributed by atoms with E-state index in [4.69, 9.17) is 25.6 Å². The zero-order valence-corrected chi connectivity index (χ0v) is 18.4. The topological polar surface area (TPSA) is 91.4 Å². The van der Waals surface area contributed by atoms with Gasteiger partial charge in [-0.05, 0) is 36.8 Å². The van der Waals surface area contributed by atoms with E-state index in [2.05, 4.69) is 15.6 Å². The Labute approximate surface area is 188 Å². The number of para-hydroxylation sites is 1. The van der Waals surface area contributed by atoms with E-state index in [1.807, 2.05) is 30.3 Å². The first-order valence-electron chi connectivity index (χ1n) is 9.87. The van der Waals surface area contributed by atoms with Crippen molar-refractivity contribution in [2.45, 2.75) is 13.3 Å². The van der Waals surface area contributed by atoms with Gasteiger partial charge >= 0.3 is 0 Å². The molecule has 0 aliphatic heterocycles. The second kappa shape index (κ2) is 7.72. The van der Waals surface area contributed by atoms with Crippen LogP contribution in [0, 0.1) is 6.92 Å². The van der Waals surface area contributed by atoms with Crippen LogP contribution in [0.5, 0.6) is 11.5 Å². The van der Waals surface area contributed by atoms with E-state index in [0.717, 1.165) is 22.4 Å². The van der Waals surface area contributed by atoms with Crippen LogP contribution in [0.2, 0.25) is 5.02 Å². The van der Waals surface area contributed by atoms with Crippen LogP contribution in [-0.2, 0) is 6.42 Å². The van der Waals surface area contributed by atoms with Crippen LogP contribution >= 0.6 is 11.6 Å². The third-order valence-electron chi connectivity index (χ3n) is 5.38. The summed E-state index contributed by atoms with van der Waals surface area (Å²) in [6.45, 7) is 1.75.